The Morgan fingerprint density at radius 3 is 2.88 bits per heavy atom. The summed E-state index contributed by atoms with van der Waals surface area (Å²) in [6.07, 6.45) is 4.07. The van der Waals surface area contributed by atoms with E-state index in [0.717, 1.165) is 31.0 Å². The van der Waals surface area contributed by atoms with Gasteiger partial charge in [-0.2, -0.15) is 9.50 Å². The Kier molecular flexibility index (Phi) is 5.22. The largest absolute Gasteiger partial charge is 0.461 e. The number of furan rings is 1. The normalized spacial score (nSPS) is 16.8. The number of hydrogen-bond acceptors (Lipinski definition) is 7. The van der Waals surface area contributed by atoms with Crippen LogP contribution in [0.15, 0.2) is 41.0 Å². The number of nitrogens with zero attached hydrogens (tertiary/aromatic N) is 5. The fourth-order valence-corrected chi connectivity index (χ4v) is 4.37. The first kappa shape index (κ1) is 20.4. The van der Waals surface area contributed by atoms with E-state index in [-0.39, 0.29) is 12.0 Å². The minimum absolute atomic E-state index is 0.114. The third-order valence-electron chi connectivity index (χ3n) is 5.93. The van der Waals surface area contributed by atoms with Crippen LogP contribution in [-0.4, -0.2) is 44.1 Å². The quantitative estimate of drug-likeness (QED) is 0.475. The molecule has 0 saturated carbocycles. The van der Waals surface area contributed by atoms with Crippen LogP contribution in [-0.2, 0) is 13.0 Å². The second kappa shape index (κ2) is 8.19. The minimum Gasteiger partial charge on any atom is -0.461 e. The summed E-state index contributed by atoms with van der Waals surface area (Å²) in [6.45, 7) is 1.14. The van der Waals surface area contributed by atoms with Gasteiger partial charge in [0, 0.05) is 30.8 Å². The third kappa shape index (κ3) is 3.56. The number of anilines is 2. The molecule has 1 aromatic carbocycles. The monoisotopic (exact) mass is 439 g/mol. The molecule has 1 fully saturated rings. The molecule has 1 saturated heterocycles. The van der Waals surface area contributed by atoms with E-state index < -0.39 is 11.6 Å². The minimum atomic E-state index is -0.825. The Morgan fingerprint density at radius 2 is 2.09 bits per heavy atom. The highest BCUT2D eigenvalue weighted by Gasteiger charge is 2.29. The number of nitrogen functional groups attached to an aromatic ring is 1. The van der Waals surface area contributed by atoms with Crippen molar-refractivity contribution in [3.05, 3.63) is 59.4 Å². The maximum atomic E-state index is 14.3. The lowest BCUT2D eigenvalue weighted by Gasteiger charge is -2.25. The number of aromatic nitrogens is 4. The van der Waals surface area contributed by atoms with E-state index in [2.05, 4.69) is 25.3 Å². The standard InChI is InChI=1S/C22H23F2N7O/c1-26-19-15(21-27-20(17-8-4-10-32-17)29-31(21)22(25)28-19)11-14-6-3-9-30(14)12-13-5-2-7-16(23)18(13)24/h2,4-5,7-8,10,14,26H,3,6,9,11-12H2,1H3,(H2,25,28). The SMILES string of the molecule is CNc1nc(N)n2nc(-c3ccco3)nc2c1CC1CCCN1Cc1cccc(F)c1F. The number of nitrogens with two attached hydrogens (primary N) is 1. The zero-order valence-corrected chi connectivity index (χ0v) is 17.6. The van der Waals surface area contributed by atoms with Crippen LogP contribution >= 0.6 is 0 Å². The van der Waals surface area contributed by atoms with Gasteiger partial charge in [0.1, 0.15) is 5.82 Å². The molecular formula is C22H23F2N7O. The van der Waals surface area contributed by atoms with E-state index in [1.165, 1.54) is 10.6 Å². The summed E-state index contributed by atoms with van der Waals surface area (Å²) in [5, 5.41) is 7.57. The molecule has 4 aromatic rings. The number of hydrogen-bond donors (Lipinski definition) is 2. The molecule has 1 aliphatic rings. The Morgan fingerprint density at radius 1 is 1.22 bits per heavy atom. The maximum Gasteiger partial charge on any atom is 0.225 e. The van der Waals surface area contributed by atoms with Crippen LogP contribution < -0.4 is 11.1 Å². The van der Waals surface area contributed by atoms with Gasteiger partial charge < -0.3 is 15.5 Å². The summed E-state index contributed by atoms with van der Waals surface area (Å²) < 4.78 is 34.9. The van der Waals surface area contributed by atoms with Crippen LogP contribution in [0.4, 0.5) is 20.5 Å². The molecular weight excluding hydrogens is 416 g/mol. The Balaban J connectivity index is 1.49. The van der Waals surface area contributed by atoms with Gasteiger partial charge in [0.15, 0.2) is 23.0 Å². The molecule has 32 heavy (non-hydrogen) atoms. The van der Waals surface area contributed by atoms with Crippen molar-refractivity contribution in [1.29, 1.82) is 0 Å². The lowest BCUT2D eigenvalue weighted by atomic mass is 10.0. The van der Waals surface area contributed by atoms with E-state index in [9.17, 15) is 8.78 Å². The topological polar surface area (TPSA) is 97.5 Å². The van der Waals surface area contributed by atoms with Crippen molar-refractivity contribution in [2.75, 3.05) is 24.6 Å². The zero-order chi connectivity index (χ0) is 22.2. The second-order valence-electron chi connectivity index (χ2n) is 7.88. The first-order chi connectivity index (χ1) is 15.5. The summed E-state index contributed by atoms with van der Waals surface area (Å²) in [5.41, 5.74) is 7.94. The molecule has 1 aliphatic heterocycles. The molecule has 3 N–H and O–H groups in total. The fourth-order valence-electron chi connectivity index (χ4n) is 4.37. The molecule has 0 amide bonds. The van der Waals surface area contributed by atoms with Crippen molar-refractivity contribution in [3.63, 3.8) is 0 Å². The van der Waals surface area contributed by atoms with E-state index in [1.807, 2.05) is 0 Å². The van der Waals surface area contributed by atoms with E-state index in [4.69, 9.17) is 10.2 Å². The molecule has 0 spiro atoms. The zero-order valence-electron chi connectivity index (χ0n) is 17.6. The van der Waals surface area contributed by atoms with Crippen LogP contribution in [0, 0.1) is 11.6 Å². The third-order valence-corrected chi connectivity index (χ3v) is 5.93. The number of likely N-dealkylation sites (tertiary alicyclic amines) is 1. The van der Waals surface area contributed by atoms with Gasteiger partial charge in [0.2, 0.25) is 11.8 Å². The van der Waals surface area contributed by atoms with Gasteiger partial charge in [-0.15, -0.1) is 5.10 Å². The first-order valence-electron chi connectivity index (χ1n) is 10.5. The van der Waals surface area contributed by atoms with Crippen molar-refractivity contribution in [3.8, 4) is 11.6 Å². The molecule has 0 radical (unpaired) electrons. The van der Waals surface area contributed by atoms with Crippen LogP contribution in [0.25, 0.3) is 17.2 Å². The average Bonchev–Trinajstić information content (AvgIpc) is 3.54. The summed E-state index contributed by atoms with van der Waals surface area (Å²) in [4.78, 5) is 11.3. The lowest BCUT2D eigenvalue weighted by molar-refractivity contribution is 0.240. The number of nitrogens with one attached hydrogen (secondary N) is 1. The van der Waals surface area contributed by atoms with Crippen molar-refractivity contribution >= 4 is 17.4 Å². The fraction of sp³-hybridized carbons (Fsp3) is 0.318. The maximum absolute atomic E-state index is 14.3. The van der Waals surface area contributed by atoms with Crippen molar-refractivity contribution in [1.82, 2.24) is 24.5 Å². The molecule has 0 aliphatic carbocycles. The van der Waals surface area contributed by atoms with E-state index in [1.54, 1.807) is 31.5 Å². The summed E-state index contributed by atoms with van der Waals surface area (Å²) >= 11 is 0. The number of halogens is 2. The van der Waals surface area contributed by atoms with Gasteiger partial charge >= 0.3 is 0 Å². The van der Waals surface area contributed by atoms with E-state index in [0.29, 0.717) is 41.6 Å². The summed E-state index contributed by atoms with van der Waals surface area (Å²) in [6, 6.07) is 7.97. The molecule has 1 unspecified atom stereocenters. The Bertz CT molecular complexity index is 1260. The van der Waals surface area contributed by atoms with Crippen LogP contribution in [0.2, 0.25) is 0 Å². The van der Waals surface area contributed by atoms with Gasteiger partial charge in [-0.25, -0.2) is 13.8 Å². The van der Waals surface area contributed by atoms with Gasteiger partial charge in [-0.05, 0) is 44.0 Å². The van der Waals surface area contributed by atoms with Gasteiger partial charge in [0.05, 0.1) is 6.26 Å². The van der Waals surface area contributed by atoms with E-state index >= 15 is 0 Å². The summed E-state index contributed by atoms with van der Waals surface area (Å²) in [5.74, 6) is 0.179. The van der Waals surface area contributed by atoms with Crippen LogP contribution in [0.1, 0.15) is 24.0 Å². The summed E-state index contributed by atoms with van der Waals surface area (Å²) in [7, 11) is 1.78. The molecule has 8 nitrogen and oxygen atoms in total. The van der Waals surface area contributed by atoms with Crippen molar-refractivity contribution in [2.45, 2.75) is 31.8 Å². The van der Waals surface area contributed by atoms with Crippen molar-refractivity contribution in [2.24, 2.45) is 0 Å². The Labute approximate surface area is 183 Å². The molecule has 5 rings (SSSR count). The smallest absolute Gasteiger partial charge is 0.225 e. The van der Waals surface area contributed by atoms with Crippen molar-refractivity contribution < 1.29 is 13.2 Å². The molecule has 0 bridgehead atoms. The van der Waals surface area contributed by atoms with Gasteiger partial charge in [-0.1, -0.05) is 12.1 Å². The van der Waals surface area contributed by atoms with Crippen LogP contribution in [0.5, 0.6) is 0 Å². The van der Waals surface area contributed by atoms with Gasteiger partial charge in [0.25, 0.3) is 0 Å². The molecule has 10 heteroatoms. The van der Waals surface area contributed by atoms with Crippen LogP contribution in [0.3, 0.4) is 0 Å². The predicted molar refractivity (Wildman–Crippen MR) is 116 cm³/mol. The van der Waals surface area contributed by atoms with Gasteiger partial charge in [-0.3, -0.25) is 4.90 Å². The number of benzene rings is 1. The highest BCUT2D eigenvalue weighted by atomic mass is 19.2. The molecule has 4 heterocycles. The lowest BCUT2D eigenvalue weighted by Crippen LogP contribution is -2.31. The Hall–Kier alpha value is -3.53. The number of rotatable bonds is 6. The predicted octanol–water partition coefficient (Wildman–Crippen LogP) is 3.49. The molecule has 3 aromatic heterocycles. The highest BCUT2D eigenvalue weighted by molar-refractivity contribution is 5.66. The average molecular weight is 439 g/mol. The number of fused-ring (bicyclic) bond motifs is 1. The molecule has 1 atom stereocenters. The highest BCUT2D eigenvalue weighted by Crippen LogP contribution is 2.30. The first-order valence-corrected chi connectivity index (χ1v) is 10.5. The molecule has 166 valence electrons. The second-order valence-corrected chi connectivity index (χ2v) is 7.88.